The van der Waals surface area contributed by atoms with Gasteiger partial charge in [-0.15, -0.1) is 0 Å². The van der Waals surface area contributed by atoms with Crippen LogP contribution in [0.3, 0.4) is 0 Å². The van der Waals surface area contributed by atoms with Gasteiger partial charge in [-0.1, -0.05) is 12.1 Å². The molecule has 25 heavy (non-hydrogen) atoms. The van der Waals surface area contributed by atoms with Crippen LogP contribution < -0.4 is 10.1 Å². The summed E-state index contributed by atoms with van der Waals surface area (Å²) in [6.07, 6.45) is 2.53. The third-order valence-corrected chi connectivity index (χ3v) is 5.18. The van der Waals surface area contributed by atoms with Crippen LogP contribution in [-0.2, 0) is 0 Å². The molecular weight excluding hydrogens is 312 g/mol. The molecule has 5 nitrogen and oxygen atoms in total. The first-order valence-electron chi connectivity index (χ1n) is 9.15. The van der Waals surface area contributed by atoms with Crippen LogP contribution in [0.5, 0.6) is 5.75 Å². The normalized spacial score (nSPS) is 16.5. The van der Waals surface area contributed by atoms with Gasteiger partial charge in [0.05, 0.1) is 7.11 Å². The minimum atomic E-state index is 0.739. The molecule has 0 atom stereocenters. The van der Waals surface area contributed by atoms with E-state index >= 15 is 0 Å². The van der Waals surface area contributed by atoms with Crippen molar-refractivity contribution >= 4 is 16.6 Å². The molecule has 0 aliphatic carbocycles. The first-order chi connectivity index (χ1) is 12.1. The van der Waals surface area contributed by atoms with E-state index in [1.807, 2.05) is 19.1 Å². The van der Waals surface area contributed by atoms with Crippen molar-refractivity contribution in [1.29, 1.82) is 0 Å². The number of rotatable bonds is 6. The smallest absolute Gasteiger partial charge is 0.145 e. The largest absolute Gasteiger partial charge is 0.494 e. The molecule has 1 aliphatic heterocycles. The van der Waals surface area contributed by atoms with Crippen LogP contribution in [0.1, 0.15) is 18.5 Å². The SMILES string of the molecule is COc1cccc2c(NCCN3CCC(N(C)C)CC3)cc(C)nc12. The molecule has 3 rings (SSSR count). The molecule has 2 heterocycles. The molecule has 1 aliphatic rings. The molecule has 0 radical (unpaired) electrons. The second-order valence-electron chi connectivity index (χ2n) is 7.13. The molecule has 1 aromatic carbocycles. The zero-order valence-corrected chi connectivity index (χ0v) is 15.9. The Morgan fingerprint density at radius 3 is 2.72 bits per heavy atom. The lowest BCUT2D eigenvalue weighted by Crippen LogP contribution is -2.43. The van der Waals surface area contributed by atoms with Gasteiger partial charge in [0, 0.05) is 35.9 Å². The molecule has 1 fully saturated rings. The van der Waals surface area contributed by atoms with Gasteiger partial charge in [0.2, 0.25) is 0 Å². The number of hydrogen-bond acceptors (Lipinski definition) is 5. The Morgan fingerprint density at radius 2 is 2.04 bits per heavy atom. The Morgan fingerprint density at radius 1 is 1.28 bits per heavy atom. The fourth-order valence-corrected chi connectivity index (χ4v) is 3.67. The number of para-hydroxylation sites is 1. The van der Waals surface area contributed by atoms with Gasteiger partial charge in [-0.25, -0.2) is 4.98 Å². The van der Waals surface area contributed by atoms with Gasteiger partial charge < -0.3 is 19.9 Å². The molecule has 0 unspecified atom stereocenters. The second kappa shape index (κ2) is 8.02. The lowest BCUT2D eigenvalue weighted by Gasteiger charge is -2.35. The predicted octanol–water partition coefficient (Wildman–Crippen LogP) is 2.99. The summed E-state index contributed by atoms with van der Waals surface area (Å²) in [6, 6.07) is 8.96. The molecule has 0 saturated carbocycles. The molecule has 5 heteroatoms. The van der Waals surface area contributed by atoms with Crippen LogP contribution in [-0.4, -0.2) is 68.2 Å². The molecular formula is C20H30N4O. The van der Waals surface area contributed by atoms with Crippen LogP contribution in [0.25, 0.3) is 10.9 Å². The van der Waals surface area contributed by atoms with Crippen LogP contribution in [0.4, 0.5) is 5.69 Å². The maximum atomic E-state index is 5.46. The Hall–Kier alpha value is -1.85. The van der Waals surface area contributed by atoms with E-state index in [-0.39, 0.29) is 0 Å². The monoisotopic (exact) mass is 342 g/mol. The van der Waals surface area contributed by atoms with Crippen LogP contribution in [0.2, 0.25) is 0 Å². The summed E-state index contributed by atoms with van der Waals surface area (Å²) in [4.78, 5) is 9.57. The second-order valence-corrected chi connectivity index (χ2v) is 7.13. The highest BCUT2D eigenvalue weighted by atomic mass is 16.5. The maximum absolute atomic E-state index is 5.46. The molecule has 2 aromatic rings. The van der Waals surface area contributed by atoms with Gasteiger partial charge in [-0.3, -0.25) is 0 Å². The number of benzene rings is 1. The third kappa shape index (κ3) is 4.22. The molecule has 0 spiro atoms. The van der Waals surface area contributed by atoms with Gasteiger partial charge in [-0.2, -0.15) is 0 Å². The quantitative estimate of drug-likeness (QED) is 0.874. The number of methoxy groups -OCH3 is 1. The number of likely N-dealkylation sites (tertiary alicyclic amines) is 1. The average molecular weight is 342 g/mol. The van der Waals surface area contributed by atoms with Gasteiger partial charge in [0.25, 0.3) is 0 Å². The average Bonchev–Trinajstić information content (AvgIpc) is 2.61. The first kappa shape index (κ1) is 18.0. The van der Waals surface area contributed by atoms with E-state index in [0.717, 1.165) is 47.2 Å². The van der Waals surface area contributed by atoms with E-state index in [1.165, 1.54) is 25.9 Å². The van der Waals surface area contributed by atoms with E-state index in [2.05, 4.69) is 46.3 Å². The number of aromatic nitrogens is 1. The Balaban J connectivity index is 1.62. The van der Waals surface area contributed by atoms with Crippen molar-refractivity contribution in [2.75, 3.05) is 52.7 Å². The zero-order valence-electron chi connectivity index (χ0n) is 15.9. The van der Waals surface area contributed by atoms with Crippen molar-refractivity contribution in [2.24, 2.45) is 0 Å². The standard InChI is InChI=1S/C20H30N4O/c1-15-14-18(17-6-5-7-19(25-4)20(17)22-15)21-10-13-24-11-8-16(9-12-24)23(2)3/h5-7,14,16H,8-13H2,1-4H3,(H,21,22). The van der Waals surface area contributed by atoms with Gasteiger partial charge in [0.1, 0.15) is 11.3 Å². The van der Waals surface area contributed by atoms with E-state index in [0.29, 0.717) is 0 Å². The number of ether oxygens (including phenoxy) is 1. The number of hydrogen-bond donors (Lipinski definition) is 1. The predicted molar refractivity (Wildman–Crippen MR) is 105 cm³/mol. The fourth-order valence-electron chi connectivity index (χ4n) is 3.67. The summed E-state index contributed by atoms with van der Waals surface area (Å²) in [5, 5.41) is 4.73. The Bertz CT molecular complexity index is 708. The highest BCUT2D eigenvalue weighted by molar-refractivity contribution is 5.95. The maximum Gasteiger partial charge on any atom is 0.145 e. The minimum Gasteiger partial charge on any atom is -0.494 e. The lowest BCUT2D eigenvalue weighted by atomic mass is 10.0. The van der Waals surface area contributed by atoms with E-state index < -0.39 is 0 Å². The van der Waals surface area contributed by atoms with Gasteiger partial charge >= 0.3 is 0 Å². The van der Waals surface area contributed by atoms with Crippen LogP contribution in [0.15, 0.2) is 24.3 Å². The van der Waals surface area contributed by atoms with Gasteiger partial charge in [-0.05, 0) is 59.1 Å². The lowest BCUT2D eigenvalue weighted by molar-refractivity contribution is 0.148. The molecule has 1 saturated heterocycles. The molecule has 0 amide bonds. The number of fused-ring (bicyclic) bond motifs is 1. The van der Waals surface area contributed by atoms with E-state index in [9.17, 15) is 0 Å². The summed E-state index contributed by atoms with van der Waals surface area (Å²) >= 11 is 0. The molecule has 1 aromatic heterocycles. The summed E-state index contributed by atoms with van der Waals surface area (Å²) < 4.78 is 5.46. The van der Waals surface area contributed by atoms with Crippen molar-refractivity contribution < 1.29 is 4.74 Å². The van der Waals surface area contributed by atoms with E-state index in [4.69, 9.17) is 4.74 Å². The van der Waals surface area contributed by atoms with Crippen molar-refractivity contribution in [2.45, 2.75) is 25.8 Å². The van der Waals surface area contributed by atoms with Crippen LogP contribution in [0, 0.1) is 6.92 Å². The summed E-state index contributed by atoms with van der Waals surface area (Å²) in [5.74, 6) is 0.829. The topological polar surface area (TPSA) is 40.6 Å². The first-order valence-corrected chi connectivity index (χ1v) is 9.15. The number of nitrogens with zero attached hydrogens (tertiary/aromatic N) is 3. The number of nitrogens with one attached hydrogen (secondary N) is 1. The zero-order chi connectivity index (χ0) is 17.8. The van der Waals surface area contributed by atoms with Gasteiger partial charge in [0.15, 0.2) is 0 Å². The molecule has 1 N–H and O–H groups in total. The molecule has 0 bridgehead atoms. The van der Waals surface area contributed by atoms with Crippen LogP contribution >= 0.6 is 0 Å². The highest BCUT2D eigenvalue weighted by Gasteiger charge is 2.20. The Kier molecular flexibility index (Phi) is 5.76. The highest BCUT2D eigenvalue weighted by Crippen LogP contribution is 2.29. The summed E-state index contributed by atoms with van der Waals surface area (Å²) in [7, 11) is 6.07. The number of pyridine rings is 1. The number of piperidine rings is 1. The van der Waals surface area contributed by atoms with Crippen molar-refractivity contribution in [1.82, 2.24) is 14.8 Å². The van der Waals surface area contributed by atoms with Crippen molar-refractivity contribution in [3.8, 4) is 5.75 Å². The number of aryl methyl sites for hydroxylation is 1. The molecule has 136 valence electrons. The van der Waals surface area contributed by atoms with Crippen molar-refractivity contribution in [3.05, 3.63) is 30.0 Å². The summed E-state index contributed by atoms with van der Waals surface area (Å²) in [6.45, 7) is 6.43. The Labute approximate surface area is 151 Å². The minimum absolute atomic E-state index is 0.739. The summed E-state index contributed by atoms with van der Waals surface area (Å²) in [5.41, 5.74) is 3.08. The third-order valence-electron chi connectivity index (χ3n) is 5.18. The fraction of sp³-hybridized carbons (Fsp3) is 0.550. The van der Waals surface area contributed by atoms with E-state index in [1.54, 1.807) is 7.11 Å². The van der Waals surface area contributed by atoms with Crippen molar-refractivity contribution in [3.63, 3.8) is 0 Å². The number of anilines is 1.